The lowest BCUT2D eigenvalue weighted by atomic mass is 9.99. The number of ether oxygens (including phenoxy) is 1. The second-order valence-corrected chi connectivity index (χ2v) is 5.57. The van der Waals surface area contributed by atoms with Crippen molar-refractivity contribution in [2.24, 2.45) is 0 Å². The minimum absolute atomic E-state index is 0.195. The van der Waals surface area contributed by atoms with Crippen molar-refractivity contribution in [3.8, 4) is 0 Å². The number of aromatic nitrogens is 3. The third-order valence-electron chi connectivity index (χ3n) is 3.15. The van der Waals surface area contributed by atoms with Crippen molar-refractivity contribution >= 4 is 29.2 Å². The Balaban J connectivity index is 2.50. The van der Waals surface area contributed by atoms with Gasteiger partial charge in [-0.3, -0.25) is 4.79 Å². The molecule has 22 heavy (non-hydrogen) atoms. The van der Waals surface area contributed by atoms with E-state index in [1.54, 1.807) is 26.0 Å². The van der Waals surface area contributed by atoms with Crippen LogP contribution < -0.4 is 0 Å². The van der Waals surface area contributed by atoms with Crippen molar-refractivity contribution in [1.29, 1.82) is 0 Å². The highest BCUT2D eigenvalue weighted by Gasteiger charge is 2.32. The van der Waals surface area contributed by atoms with Crippen molar-refractivity contribution in [3.63, 3.8) is 0 Å². The van der Waals surface area contributed by atoms with Gasteiger partial charge in [-0.15, -0.1) is 0 Å². The Hall–Kier alpha value is -1.98. The van der Waals surface area contributed by atoms with E-state index in [4.69, 9.17) is 16.3 Å². The van der Waals surface area contributed by atoms with E-state index >= 15 is 0 Å². The summed E-state index contributed by atoms with van der Waals surface area (Å²) in [4.78, 5) is 16.7. The van der Waals surface area contributed by atoms with Gasteiger partial charge >= 0.3 is 0 Å². The van der Waals surface area contributed by atoms with Crippen molar-refractivity contribution in [3.05, 3.63) is 47.5 Å². The van der Waals surface area contributed by atoms with Crippen LogP contribution in [0.25, 0.3) is 11.8 Å². The summed E-state index contributed by atoms with van der Waals surface area (Å²) in [6.07, 6.45) is 4.55. The zero-order valence-electron chi connectivity index (χ0n) is 12.8. The molecule has 6 heteroatoms. The van der Waals surface area contributed by atoms with Gasteiger partial charge in [0.15, 0.2) is 0 Å². The van der Waals surface area contributed by atoms with Crippen LogP contribution in [0.4, 0.5) is 0 Å². The molecule has 0 aliphatic heterocycles. The lowest BCUT2D eigenvalue weighted by molar-refractivity contribution is -0.133. The second-order valence-electron chi connectivity index (χ2n) is 5.16. The van der Waals surface area contributed by atoms with Crippen molar-refractivity contribution in [2.45, 2.75) is 26.4 Å². The summed E-state index contributed by atoms with van der Waals surface area (Å²) in [5, 5.41) is 4.61. The first-order chi connectivity index (χ1) is 10.5. The Morgan fingerprint density at radius 3 is 2.73 bits per heavy atom. The Morgan fingerprint density at radius 1 is 1.41 bits per heavy atom. The molecule has 2 rings (SSSR count). The standard InChI is InChI=1S/C16H18ClN3O2/c1-4-22-16(2,3)15(21)14(20-11-18-10-19-20)9-12-7-5-6-8-13(12)17/h5-11H,4H2,1-3H3. The van der Waals surface area contributed by atoms with E-state index < -0.39 is 5.60 Å². The van der Waals surface area contributed by atoms with E-state index in [1.807, 2.05) is 25.1 Å². The second kappa shape index (κ2) is 6.85. The summed E-state index contributed by atoms with van der Waals surface area (Å²) < 4.78 is 6.98. The fourth-order valence-electron chi connectivity index (χ4n) is 2.04. The molecule has 5 nitrogen and oxygen atoms in total. The molecule has 0 unspecified atom stereocenters. The number of nitrogens with zero attached hydrogens (tertiary/aromatic N) is 3. The number of carbonyl (C=O) groups is 1. The first-order valence-corrected chi connectivity index (χ1v) is 7.33. The van der Waals surface area contributed by atoms with Crippen molar-refractivity contribution < 1.29 is 9.53 Å². The number of ketones is 1. The molecule has 0 N–H and O–H groups in total. The first-order valence-electron chi connectivity index (χ1n) is 6.95. The maximum Gasteiger partial charge on any atom is 0.212 e. The van der Waals surface area contributed by atoms with Gasteiger partial charge in [0.1, 0.15) is 24.0 Å². The SMILES string of the molecule is CCOC(C)(C)C(=O)C(=Cc1ccccc1Cl)n1cncn1. The molecule has 0 atom stereocenters. The minimum Gasteiger partial charge on any atom is -0.368 e. The Morgan fingerprint density at radius 2 is 2.14 bits per heavy atom. The van der Waals surface area contributed by atoms with Crippen LogP contribution >= 0.6 is 11.6 Å². The van der Waals surface area contributed by atoms with Gasteiger partial charge in [-0.05, 0) is 38.5 Å². The number of carbonyl (C=O) groups excluding carboxylic acids is 1. The molecule has 0 aliphatic carbocycles. The van der Waals surface area contributed by atoms with E-state index in [-0.39, 0.29) is 5.78 Å². The predicted molar refractivity (Wildman–Crippen MR) is 86.4 cm³/mol. The van der Waals surface area contributed by atoms with Gasteiger partial charge in [0.25, 0.3) is 0 Å². The van der Waals surface area contributed by atoms with Crippen LogP contribution in [-0.2, 0) is 9.53 Å². The zero-order valence-corrected chi connectivity index (χ0v) is 13.5. The maximum atomic E-state index is 12.8. The van der Waals surface area contributed by atoms with Gasteiger partial charge < -0.3 is 4.74 Å². The van der Waals surface area contributed by atoms with Crippen molar-refractivity contribution in [2.75, 3.05) is 6.61 Å². The lowest BCUT2D eigenvalue weighted by Gasteiger charge is -2.24. The number of benzene rings is 1. The van der Waals surface area contributed by atoms with Crippen LogP contribution in [0.5, 0.6) is 0 Å². The highest BCUT2D eigenvalue weighted by atomic mass is 35.5. The Labute approximate surface area is 134 Å². The van der Waals surface area contributed by atoms with Gasteiger partial charge in [-0.1, -0.05) is 29.8 Å². The number of hydrogen-bond donors (Lipinski definition) is 0. The summed E-state index contributed by atoms with van der Waals surface area (Å²) in [6, 6.07) is 7.29. The zero-order chi connectivity index (χ0) is 16.2. The molecule has 0 spiro atoms. The van der Waals surface area contributed by atoms with Gasteiger partial charge in [0, 0.05) is 11.6 Å². The fourth-order valence-corrected chi connectivity index (χ4v) is 2.23. The molecular formula is C16H18ClN3O2. The van der Waals surface area contributed by atoms with E-state index in [0.717, 1.165) is 5.56 Å². The van der Waals surface area contributed by atoms with Crippen LogP contribution in [0, 0.1) is 0 Å². The average Bonchev–Trinajstić information content (AvgIpc) is 2.99. The fraction of sp³-hybridized carbons (Fsp3) is 0.312. The molecule has 0 saturated heterocycles. The number of halogens is 1. The topological polar surface area (TPSA) is 57.0 Å². The monoisotopic (exact) mass is 319 g/mol. The Bertz CT molecular complexity index is 678. The maximum absolute atomic E-state index is 12.8. The van der Waals surface area contributed by atoms with Gasteiger partial charge in [0.05, 0.1) is 0 Å². The molecule has 116 valence electrons. The number of hydrogen-bond acceptors (Lipinski definition) is 4. The lowest BCUT2D eigenvalue weighted by Crippen LogP contribution is -2.37. The smallest absolute Gasteiger partial charge is 0.212 e. The highest BCUT2D eigenvalue weighted by Crippen LogP contribution is 2.24. The van der Waals surface area contributed by atoms with E-state index in [0.29, 0.717) is 17.3 Å². The molecule has 1 aromatic heterocycles. The first kappa shape index (κ1) is 16.4. The molecular weight excluding hydrogens is 302 g/mol. The number of rotatable bonds is 6. The van der Waals surface area contributed by atoms with E-state index in [2.05, 4.69) is 10.1 Å². The summed E-state index contributed by atoms with van der Waals surface area (Å²) in [6.45, 7) is 5.75. The summed E-state index contributed by atoms with van der Waals surface area (Å²) in [7, 11) is 0. The van der Waals surface area contributed by atoms with Crippen LogP contribution in [0.15, 0.2) is 36.9 Å². The molecule has 1 heterocycles. The molecule has 1 aromatic carbocycles. The van der Waals surface area contributed by atoms with E-state index in [1.165, 1.54) is 17.3 Å². The highest BCUT2D eigenvalue weighted by molar-refractivity contribution is 6.33. The van der Waals surface area contributed by atoms with E-state index in [9.17, 15) is 4.79 Å². The minimum atomic E-state index is -0.964. The Kier molecular flexibility index (Phi) is 5.11. The quantitative estimate of drug-likeness (QED) is 0.766. The van der Waals surface area contributed by atoms with Gasteiger partial charge in [0.2, 0.25) is 5.78 Å². The van der Waals surface area contributed by atoms with Crippen LogP contribution in [0.1, 0.15) is 26.3 Å². The molecule has 0 aliphatic rings. The average molecular weight is 320 g/mol. The molecule has 0 fully saturated rings. The normalized spacial score (nSPS) is 12.5. The molecule has 2 aromatic rings. The summed E-state index contributed by atoms with van der Waals surface area (Å²) in [5.74, 6) is -0.195. The largest absolute Gasteiger partial charge is 0.368 e. The van der Waals surface area contributed by atoms with Crippen molar-refractivity contribution in [1.82, 2.24) is 14.8 Å². The van der Waals surface area contributed by atoms with Gasteiger partial charge in [-0.2, -0.15) is 5.10 Å². The molecule has 0 bridgehead atoms. The third kappa shape index (κ3) is 3.61. The van der Waals surface area contributed by atoms with Crippen LogP contribution in [0.2, 0.25) is 5.02 Å². The summed E-state index contributed by atoms with van der Waals surface area (Å²) >= 11 is 6.18. The molecule has 0 saturated carbocycles. The van der Waals surface area contributed by atoms with Crippen LogP contribution in [-0.4, -0.2) is 32.8 Å². The predicted octanol–water partition coefficient (Wildman–Crippen LogP) is 3.31. The summed E-state index contributed by atoms with van der Waals surface area (Å²) in [5.41, 5.74) is 0.118. The third-order valence-corrected chi connectivity index (χ3v) is 3.49. The van der Waals surface area contributed by atoms with Crippen LogP contribution in [0.3, 0.4) is 0 Å². The number of Topliss-reactive ketones (excluding diaryl/α,β-unsaturated/α-hetero) is 1. The molecule has 0 radical (unpaired) electrons. The molecule has 0 amide bonds. The van der Waals surface area contributed by atoms with Gasteiger partial charge in [-0.25, -0.2) is 9.67 Å².